The summed E-state index contributed by atoms with van der Waals surface area (Å²) in [5.74, 6) is -0.635. The Morgan fingerprint density at radius 2 is 2.24 bits per heavy atom. The van der Waals surface area contributed by atoms with Gasteiger partial charge in [-0.2, -0.15) is 0 Å². The summed E-state index contributed by atoms with van der Waals surface area (Å²) in [6.45, 7) is 4.34. The molecule has 1 aromatic rings. The van der Waals surface area contributed by atoms with Crippen LogP contribution in [0.15, 0.2) is 11.5 Å². The van der Waals surface area contributed by atoms with Gasteiger partial charge >= 0.3 is 5.97 Å². The van der Waals surface area contributed by atoms with Crippen LogP contribution < -0.4 is 0 Å². The minimum absolute atomic E-state index is 0.00488. The SMILES string of the molecule is CC(C)n1cnnc1SCC(=O)N(CCC(=O)O)C1CC1. The number of hydrogen-bond acceptors (Lipinski definition) is 5. The molecule has 8 heteroatoms. The van der Waals surface area contributed by atoms with Crippen molar-refractivity contribution in [1.82, 2.24) is 19.7 Å². The summed E-state index contributed by atoms with van der Waals surface area (Å²) >= 11 is 1.35. The standard InChI is InChI=1S/C13H20N4O3S/c1-9(2)17-8-14-15-13(17)21-7-11(18)16(10-3-4-10)6-5-12(19)20/h8-10H,3-7H2,1-2H3,(H,19,20). The molecule has 1 aliphatic carbocycles. The van der Waals surface area contributed by atoms with Crippen LogP contribution in [0.5, 0.6) is 0 Å². The van der Waals surface area contributed by atoms with E-state index in [0.717, 1.165) is 12.8 Å². The minimum atomic E-state index is -0.874. The van der Waals surface area contributed by atoms with Crippen molar-refractivity contribution < 1.29 is 14.7 Å². The van der Waals surface area contributed by atoms with Gasteiger partial charge in [0.05, 0.1) is 12.2 Å². The van der Waals surface area contributed by atoms with E-state index in [9.17, 15) is 9.59 Å². The lowest BCUT2D eigenvalue weighted by Gasteiger charge is -2.21. The number of nitrogens with zero attached hydrogens (tertiary/aromatic N) is 4. The molecule has 0 spiro atoms. The number of rotatable bonds is 8. The topological polar surface area (TPSA) is 88.3 Å². The van der Waals surface area contributed by atoms with Crippen LogP contribution in [-0.2, 0) is 9.59 Å². The molecule has 0 unspecified atom stereocenters. The summed E-state index contributed by atoms with van der Waals surface area (Å²) in [4.78, 5) is 24.6. The van der Waals surface area contributed by atoms with E-state index in [0.29, 0.717) is 5.16 Å². The van der Waals surface area contributed by atoms with Crippen molar-refractivity contribution in [1.29, 1.82) is 0 Å². The number of amides is 1. The molecular weight excluding hydrogens is 292 g/mol. The quantitative estimate of drug-likeness (QED) is 0.730. The third-order valence-electron chi connectivity index (χ3n) is 3.30. The van der Waals surface area contributed by atoms with Crippen molar-refractivity contribution >= 4 is 23.6 Å². The average molecular weight is 312 g/mol. The van der Waals surface area contributed by atoms with Crippen molar-refractivity contribution in [3.63, 3.8) is 0 Å². The van der Waals surface area contributed by atoms with E-state index < -0.39 is 5.97 Å². The Bertz CT molecular complexity index is 513. The van der Waals surface area contributed by atoms with Crippen molar-refractivity contribution in [2.75, 3.05) is 12.3 Å². The molecule has 1 amide bonds. The molecule has 0 atom stereocenters. The highest BCUT2D eigenvalue weighted by Crippen LogP contribution is 2.28. The molecule has 0 aromatic carbocycles. The maximum Gasteiger partial charge on any atom is 0.305 e. The van der Waals surface area contributed by atoms with Crippen molar-refractivity contribution in [3.8, 4) is 0 Å². The van der Waals surface area contributed by atoms with Crippen LogP contribution in [0, 0.1) is 0 Å². The molecule has 1 aromatic heterocycles. The fraction of sp³-hybridized carbons (Fsp3) is 0.692. The molecule has 1 fully saturated rings. The summed E-state index contributed by atoms with van der Waals surface area (Å²) in [5, 5.41) is 17.4. The molecule has 1 aliphatic rings. The van der Waals surface area contributed by atoms with Gasteiger partial charge in [0.2, 0.25) is 5.91 Å². The largest absolute Gasteiger partial charge is 0.481 e. The second-order valence-corrected chi connectivity index (χ2v) is 6.31. The lowest BCUT2D eigenvalue weighted by molar-refractivity contribution is -0.138. The van der Waals surface area contributed by atoms with Crippen molar-refractivity contribution in [3.05, 3.63) is 6.33 Å². The molecule has 1 heterocycles. The Labute approximate surface area is 127 Å². The minimum Gasteiger partial charge on any atom is -0.481 e. The van der Waals surface area contributed by atoms with E-state index in [-0.39, 0.29) is 36.7 Å². The Morgan fingerprint density at radius 1 is 1.52 bits per heavy atom. The molecule has 7 nitrogen and oxygen atoms in total. The molecule has 0 saturated heterocycles. The third-order valence-corrected chi connectivity index (χ3v) is 4.24. The van der Waals surface area contributed by atoms with Gasteiger partial charge in [0, 0.05) is 18.6 Å². The van der Waals surface area contributed by atoms with Crippen LogP contribution in [0.2, 0.25) is 0 Å². The smallest absolute Gasteiger partial charge is 0.305 e. The lowest BCUT2D eigenvalue weighted by atomic mass is 10.3. The molecule has 0 bridgehead atoms. The molecule has 0 aliphatic heterocycles. The predicted molar refractivity (Wildman–Crippen MR) is 78.1 cm³/mol. The summed E-state index contributed by atoms with van der Waals surface area (Å²) < 4.78 is 1.91. The maximum atomic E-state index is 12.3. The fourth-order valence-corrected chi connectivity index (χ4v) is 2.94. The summed E-state index contributed by atoms with van der Waals surface area (Å²) in [5.41, 5.74) is 0. The third kappa shape index (κ3) is 4.45. The van der Waals surface area contributed by atoms with Crippen LogP contribution >= 0.6 is 11.8 Å². The molecule has 1 saturated carbocycles. The molecule has 0 radical (unpaired) electrons. The van der Waals surface area contributed by atoms with Gasteiger partial charge in [0.25, 0.3) is 0 Å². The number of carbonyl (C=O) groups excluding carboxylic acids is 1. The first kappa shape index (κ1) is 15.8. The number of carbonyl (C=O) groups is 2. The molecule has 2 rings (SSSR count). The second kappa shape index (κ2) is 6.93. The van der Waals surface area contributed by atoms with E-state index in [1.54, 1.807) is 11.2 Å². The van der Waals surface area contributed by atoms with E-state index in [2.05, 4.69) is 10.2 Å². The van der Waals surface area contributed by atoms with Gasteiger partial charge < -0.3 is 14.6 Å². The molecular formula is C13H20N4O3S. The van der Waals surface area contributed by atoms with Gasteiger partial charge in [-0.05, 0) is 26.7 Å². The Kier molecular flexibility index (Phi) is 5.22. The van der Waals surface area contributed by atoms with Gasteiger partial charge in [-0.3, -0.25) is 9.59 Å². The van der Waals surface area contributed by atoms with E-state index in [1.165, 1.54) is 11.8 Å². The molecule has 1 N–H and O–H groups in total. The number of aromatic nitrogens is 3. The van der Waals surface area contributed by atoms with Gasteiger partial charge in [-0.1, -0.05) is 11.8 Å². The number of carboxylic acid groups (broad SMARTS) is 1. The van der Waals surface area contributed by atoms with Crippen molar-refractivity contribution in [2.45, 2.75) is 50.4 Å². The van der Waals surface area contributed by atoms with Gasteiger partial charge in [0.15, 0.2) is 5.16 Å². The van der Waals surface area contributed by atoms with Gasteiger partial charge in [-0.15, -0.1) is 10.2 Å². The summed E-state index contributed by atoms with van der Waals surface area (Å²) in [6, 6.07) is 0.463. The highest BCUT2D eigenvalue weighted by molar-refractivity contribution is 7.99. The maximum absolute atomic E-state index is 12.3. The zero-order valence-corrected chi connectivity index (χ0v) is 13.0. The highest BCUT2D eigenvalue weighted by atomic mass is 32.2. The van der Waals surface area contributed by atoms with E-state index in [4.69, 9.17) is 5.11 Å². The van der Waals surface area contributed by atoms with Crippen LogP contribution in [0.3, 0.4) is 0 Å². The van der Waals surface area contributed by atoms with Crippen LogP contribution in [0.25, 0.3) is 0 Å². The Balaban J connectivity index is 1.89. The van der Waals surface area contributed by atoms with Crippen LogP contribution in [0.4, 0.5) is 0 Å². The van der Waals surface area contributed by atoms with Crippen LogP contribution in [0.1, 0.15) is 39.2 Å². The van der Waals surface area contributed by atoms with E-state index >= 15 is 0 Å². The van der Waals surface area contributed by atoms with Gasteiger partial charge in [-0.25, -0.2) is 0 Å². The highest BCUT2D eigenvalue weighted by Gasteiger charge is 2.32. The summed E-state index contributed by atoms with van der Waals surface area (Å²) in [7, 11) is 0. The predicted octanol–water partition coefficient (Wildman–Crippen LogP) is 1.42. The number of carboxylic acids is 1. The number of aliphatic carboxylic acids is 1. The second-order valence-electron chi connectivity index (χ2n) is 5.37. The van der Waals surface area contributed by atoms with E-state index in [1.807, 2.05) is 18.4 Å². The number of thioether (sulfide) groups is 1. The van der Waals surface area contributed by atoms with Crippen LogP contribution in [-0.4, -0.2) is 55.0 Å². The first-order valence-corrected chi connectivity index (χ1v) is 8.01. The average Bonchev–Trinajstić information content (AvgIpc) is 3.13. The Morgan fingerprint density at radius 3 is 2.81 bits per heavy atom. The normalized spacial score (nSPS) is 14.4. The monoisotopic (exact) mass is 312 g/mol. The molecule has 21 heavy (non-hydrogen) atoms. The summed E-state index contributed by atoms with van der Waals surface area (Å²) in [6.07, 6.45) is 3.59. The lowest BCUT2D eigenvalue weighted by Crippen LogP contribution is -2.36. The zero-order chi connectivity index (χ0) is 15.4. The Hall–Kier alpha value is -1.57. The fourth-order valence-electron chi connectivity index (χ4n) is 2.01. The van der Waals surface area contributed by atoms with Crippen molar-refractivity contribution in [2.24, 2.45) is 0 Å². The first-order valence-electron chi connectivity index (χ1n) is 7.02. The first-order chi connectivity index (χ1) is 9.99. The molecule has 116 valence electrons. The van der Waals surface area contributed by atoms with Gasteiger partial charge in [0.1, 0.15) is 6.33 Å². The number of hydrogen-bond donors (Lipinski definition) is 1. The zero-order valence-electron chi connectivity index (χ0n) is 12.2.